The number of halogens is 1. The molecule has 1 aromatic heterocycles. The molecule has 24 heavy (non-hydrogen) atoms. The smallest absolute Gasteiger partial charge is 0.159 e. The molecule has 3 nitrogen and oxygen atoms in total. The Hall–Kier alpha value is -1.61. The quantitative estimate of drug-likeness (QED) is 0.411. The van der Waals surface area contributed by atoms with E-state index in [1.807, 2.05) is 43.6 Å². The Labute approximate surface area is 150 Å². The lowest BCUT2D eigenvalue weighted by atomic mass is 10.1. The van der Waals surface area contributed by atoms with Crippen molar-refractivity contribution in [2.75, 3.05) is 6.61 Å². The van der Waals surface area contributed by atoms with Crippen molar-refractivity contribution in [3.8, 4) is 17.1 Å². The molecule has 0 saturated carbocycles. The molecule has 0 spiro atoms. The zero-order valence-corrected chi connectivity index (χ0v) is 15.4. The fourth-order valence-corrected chi connectivity index (χ4v) is 2.52. The molecular weight excluding hydrogens is 320 g/mol. The van der Waals surface area contributed by atoms with Crippen LogP contribution < -0.4 is 4.74 Å². The lowest BCUT2D eigenvalue weighted by Crippen LogP contribution is -2.03. The maximum absolute atomic E-state index is 5.91. The first-order valence-corrected chi connectivity index (χ1v) is 9.31. The van der Waals surface area contributed by atoms with Crippen molar-refractivity contribution in [1.29, 1.82) is 0 Å². The normalized spacial score (nSPS) is 12.1. The van der Waals surface area contributed by atoms with Gasteiger partial charge in [-0.15, -0.1) is 11.6 Å². The van der Waals surface area contributed by atoms with Gasteiger partial charge < -0.3 is 4.74 Å². The number of rotatable bonds is 10. The van der Waals surface area contributed by atoms with Crippen LogP contribution in [0.1, 0.15) is 51.5 Å². The van der Waals surface area contributed by atoms with E-state index in [2.05, 4.69) is 16.9 Å². The molecule has 4 heteroatoms. The molecule has 130 valence electrons. The molecule has 0 bridgehead atoms. The summed E-state index contributed by atoms with van der Waals surface area (Å²) in [7, 11) is 0. The van der Waals surface area contributed by atoms with Gasteiger partial charge in [0, 0.05) is 23.3 Å². The molecule has 1 aromatic carbocycles. The predicted octanol–water partition coefficient (Wildman–Crippen LogP) is 5.66. The van der Waals surface area contributed by atoms with Gasteiger partial charge in [-0.1, -0.05) is 26.2 Å². The summed E-state index contributed by atoms with van der Waals surface area (Å²) in [6.07, 6.45) is 10.8. The first-order valence-electron chi connectivity index (χ1n) is 8.87. The summed E-state index contributed by atoms with van der Waals surface area (Å²) in [5, 5.41) is 0.137. The number of hydrogen-bond donors (Lipinski definition) is 0. The number of alkyl halides is 1. The van der Waals surface area contributed by atoms with Crippen LogP contribution in [-0.2, 0) is 6.42 Å². The van der Waals surface area contributed by atoms with E-state index in [9.17, 15) is 0 Å². The molecule has 1 atom stereocenters. The highest BCUT2D eigenvalue weighted by Gasteiger charge is 2.03. The third kappa shape index (κ3) is 6.48. The summed E-state index contributed by atoms with van der Waals surface area (Å²) in [5.41, 5.74) is 2.22. The van der Waals surface area contributed by atoms with E-state index in [0.29, 0.717) is 6.61 Å². The third-order valence-corrected chi connectivity index (χ3v) is 4.14. The van der Waals surface area contributed by atoms with E-state index in [0.717, 1.165) is 30.0 Å². The van der Waals surface area contributed by atoms with Gasteiger partial charge in [0.2, 0.25) is 0 Å². The Bertz CT molecular complexity index is 582. The molecule has 1 unspecified atom stereocenters. The first kappa shape index (κ1) is 18.7. The van der Waals surface area contributed by atoms with E-state index < -0.39 is 0 Å². The molecule has 0 fully saturated rings. The number of aromatic nitrogens is 2. The maximum atomic E-state index is 5.91. The van der Waals surface area contributed by atoms with E-state index in [1.165, 1.54) is 31.2 Å². The van der Waals surface area contributed by atoms with E-state index in [1.54, 1.807) is 0 Å². The minimum Gasteiger partial charge on any atom is -0.494 e. The fourth-order valence-electron chi connectivity index (χ4n) is 2.43. The van der Waals surface area contributed by atoms with Crippen LogP contribution in [0.25, 0.3) is 11.4 Å². The van der Waals surface area contributed by atoms with Crippen LogP contribution in [0.5, 0.6) is 5.75 Å². The first-order chi connectivity index (χ1) is 11.7. The minimum atomic E-state index is 0.137. The molecule has 0 aliphatic rings. The zero-order valence-electron chi connectivity index (χ0n) is 14.7. The average Bonchev–Trinajstić information content (AvgIpc) is 2.60. The van der Waals surface area contributed by atoms with Crippen LogP contribution in [0.2, 0.25) is 0 Å². The molecule has 2 aromatic rings. The highest BCUT2D eigenvalue weighted by molar-refractivity contribution is 6.20. The Balaban J connectivity index is 1.87. The van der Waals surface area contributed by atoms with Crippen LogP contribution in [0, 0.1) is 0 Å². The number of nitrogens with zero attached hydrogens (tertiary/aromatic N) is 2. The van der Waals surface area contributed by atoms with Crippen LogP contribution >= 0.6 is 11.6 Å². The summed E-state index contributed by atoms with van der Waals surface area (Å²) >= 11 is 5.91. The van der Waals surface area contributed by atoms with Gasteiger partial charge in [0.15, 0.2) is 5.82 Å². The van der Waals surface area contributed by atoms with Gasteiger partial charge in [0.1, 0.15) is 5.75 Å². The zero-order chi connectivity index (χ0) is 17.2. The van der Waals surface area contributed by atoms with Gasteiger partial charge in [0.05, 0.1) is 6.61 Å². The van der Waals surface area contributed by atoms with Crippen molar-refractivity contribution < 1.29 is 4.74 Å². The predicted molar refractivity (Wildman–Crippen MR) is 101 cm³/mol. The Morgan fingerprint density at radius 1 is 1.04 bits per heavy atom. The second kappa shape index (κ2) is 10.3. The molecule has 1 heterocycles. The highest BCUT2D eigenvalue weighted by atomic mass is 35.5. The molecule has 0 amide bonds. The van der Waals surface area contributed by atoms with Crippen molar-refractivity contribution in [2.24, 2.45) is 0 Å². The standard InChI is InChI=1S/C20H27ClN2O/c1-3-4-5-6-7-17-14-22-20(23-15-17)18-8-10-19(11-9-18)24-13-12-16(2)21/h8-11,14-16H,3-7,12-13H2,1-2H3. The number of unbranched alkanes of at least 4 members (excludes halogenated alkanes) is 3. The molecular formula is C20H27ClN2O. The van der Waals surface area contributed by atoms with E-state index in [4.69, 9.17) is 16.3 Å². The topological polar surface area (TPSA) is 35.0 Å². The summed E-state index contributed by atoms with van der Waals surface area (Å²) in [5.74, 6) is 1.61. The summed E-state index contributed by atoms with van der Waals surface area (Å²) in [6, 6.07) is 7.90. The third-order valence-electron chi connectivity index (χ3n) is 3.92. The molecule has 0 radical (unpaired) electrons. The van der Waals surface area contributed by atoms with Crippen molar-refractivity contribution >= 4 is 11.6 Å². The molecule has 0 aliphatic heterocycles. The number of benzene rings is 1. The van der Waals surface area contributed by atoms with Gasteiger partial charge in [-0.25, -0.2) is 9.97 Å². The summed E-state index contributed by atoms with van der Waals surface area (Å²) < 4.78 is 5.67. The lowest BCUT2D eigenvalue weighted by Gasteiger charge is -2.08. The van der Waals surface area contributed by atoms with Gasteiger partial charge in [-0.3, -0.25) is 0 Å². The van der Waals surface area contributed by atoms with Crippen molar-refractivity contribution in [2.45, 2.75) is 57.7 Å². The van der Waals surface area contributed by atoms with Crippen LogP contribution in [-0.4, -0.2) is 22.0 Å². The Kier molecular flexibility index (Phi) is 8.03. The van der Waals surface area contributed by atoms with Crippen molar-refractivity contribution in [3.05, 3.63) is 42.2 Å². The van der Waals surface area contributed by atoms with E-state index >= 15 is 0 Å². The van der Waals surface area contributed by atoms with Crippen LogP contribution in [0.4, 0.5) is 0 Å². The highest BCUT2D eigenvalue weighted by Crippen LogP contribution is 2.20. The molecule has 0 N–H and O–H groups in total. The average molecular weight is 347 g/mol. The van der Waals surface area contributed by atoms with E-state index in [-0.39, 0.29) is 5.38 Å². The Morgan fingerprint density at radius 3 is 2.38 bits per heavy atom. The second-order valence-electron chi connectivity index (χ2n) is 6.17. The minimum absolute atomic E-state index is 0.137. The summed E-state index contributed by atoms with van der Waals surface area (Å²) in [6.45, 7) is 4.83. The van der Waals surface area contributed by atoms with Gasteiger partial charge >= 0.3 is 0 Å². The SMILES string of the molecule is CCCCCCc1cnc(-c2ccc(OCCC(C)Cl)cc2)nc1. The number of hydrogen-bond acceptors (Lipinski definition) is 3. The fraction of sp³-hybridized carbons (Fsp3) is 0.500. The number of aryl methyl sites for hydroxylation is 1. The monoisotopic (exact) mass is 346 g/mol. The summed E-state index contributed by atoms with van der Waals surface area (Å²) in [4.78, 5) is 8.99. The second-order valence-corrected chi connectivity index (χ2v) is 6.91. The maximum Gasteiger partial charge on any atom is 0.159 e. The van der Waals surface area contributed by atoms with Crippen LogP contribution in [0.3, 0.4) is 0 Å². The Morgan fingerprint density at radius 2 is 1.75 bits per heavy atom. The molecule has 0 saturated heterocycles. The van der Waals surface area contributed by atoms with Crippen molar-refractivity contribution in [1.82, 2.24) is 9.97 Å². The van der Waals surface area contributed by atoms with Crippen LogP contribution in [0.15, 0.2) is 36.7 Å². The molecule has 2 rings (SSSR count). The van der Waals surface area contributed by atoms with Crippen molar-refractivity contribution in [3.63, 3.8) is 0 Å². The van der Waals surface area contributed by atoms with Gasteiger partial charge in [0.25, 0.3) is 0 Å². The molecule has 0 aliphatic carbocycles. The largest absolute Gasteiger partial charge is 0.494 e. The van der Waals surface area contributed by atoms with Gasteiger partial charge in [-0.2, -0.15) is 0 Å². The van der Waals surface area contributed by atoms with Gasteiger partial charge in [-0.05, 0) is 56.0 Å². The lowest BCUT2D eigenvalue weighted by molar-refractivity contribution is 0.310. The number of ether oxygens (including phenoxy) is 1.